The third kappa shape index (κ3) is 3.43. The molecule has 1 saturated heterocycles. The van der Waals surface area contributed by atoms with Crippen molar-refractivity contribution in [3.63, 3.8) is 0 Å². The number of hydrogen-bond acceptors (Lipinski definition) is 4. The molecule has 0 amide bonds. The van der Waals surface area contributed by atoms with Gasteiger partial charge in [-0.15, -0.1) is 0 Å². The number of piperazine rings is 1. The normalized spacial score (nSPS) is 18.9. The minimum Gasteiger partial charge on any atom is -0.392 e. The summed E-state index contributed by atoms with van der Waals surface area (Å²) >= 11 is 3.54. The first kappa shape index (κ1) is 13.8. The Morgan fingerprint density at radius 1 is 1.39 bits per heavy atom. The number of anilines is 1. The second-order valence-corrected chi connectivity index (χ2v) is 5.51. The standard InChI is InChI=1S/C13H20BrN3O/c1-2-11(18)10-16-6-8-17(9-7-16)13-12(14)4-3-5-15-13/h3-5,11,18H,2,6-10H2,1H3/t11-/m1/s1. The summed E-state index contributed by atoms with van der Waals surface area (Å²) in [6.45, 7) is 6.71. The van der Waals surface area contributed by atoms with E-state index in [2.05, 4.69) is 30.7 Å². The highest BCUT2D eigenvalue weighted by Crippen LogP contribution is 2.23. The van der Waals surface area contributed by atoms with Crippen LogP contribution in [0.5, 0.6) is 0 Å². The average molecular weight is 314 g/mol. The Morgan fingerprint density at radius 3 is 2.72 bits per heavy atom. The van der Waals surface area contributed by atoms with E-state index in [0.29, 0.717) is 0 Å². The van der Waals surface area contributed by atoms with Crippen LogP contribution in [0.1, 0.15) is 13.3 Å². The van der Waals surface area contributed by atoms with Gasteiger partial charge in [-0.3, -0.25) is 4.90 Å². The molecule has 2 rings (SSSR count). The predicted molar refractivity (Wildman–Crippen MR) is 76.9 cm³/mol. The molecule has 0 saturated carbocycles. The van der Waals surface area contributed by atoms with E-state index in [1.807, 2.05) is 25.3 Å². The lowest BCUT2D eigenvalue weighted by molar-refractivity contribution is 0.106. The Balaban J connectivity index is 1.89. The first-order valence-electron chi connectivity index (χ1n) is 6.46. The van der Waals surface area contributed by atoms with Crippen molar-refractivity contribution in [1.29, 1.82) is 0 Å². The first-order chi connectivity index (χ1) is 8.70. The Morgan fingerprint density at radius 2 is 2.11 bits per heavy atom. The first-order valence-corrected chi connectivity index (χ1v) is 7.26. The van der Waals surface area contributed by atoms with E-state index < -0.39 is 0 Å². The van der Waals surface area contributed by atoms with Crippen LogP contribution in [-0.4, -0.2) is 53.8 Å². The fraction of sp³-hybridized carbons (Fsp3) is 0.615. The molecule has 1 aliphatic rings. The lowest BCUT2D eigenvalue weighted by atomic mass is 10.2. The van der Waals surface area contributed by atoms with E-state index in [1.165, 1.54) is 0 Å². The van der Waals surface area contributed by atoms with Gasteiger partial charge in [0, 0.05) is 38.9 Å². The maximum Gasteiger partial charge on any atom is 0.142 e. The largest absolute Gasteiger partial charge is 0.392 e. The van der Waals surface area contributed by atoms with E-state index in [1.54, 1.807) is 0 Å². The van der Waals surface area contributed by atoms with Gasteiger partial charge in [0.1, 0.15) is 5.82 Å². The van der Waals surface area contributed by atoms with Gasteiger partial charge in [-0.25, -0.2) is 4.98 Å². The molecule has 1 fully saturated rings. The van der Waals surface area contributed by atoms with Crippen LogP contribution in [0.4, 0.5) is 5.82 Å². The Labute approximate surface area is 117 Å². The summed E-state index contributed by atoms with van der Waals surface area (Å²) in [7, 11) is 0. The third-order valence-corrected chi connectivity index (χ3v) is 3.97. The summed E-state index contributed by atoms with van der Waals surface area (Å²) < 4.78 is 1.05. The fourth-order valence-electron chi connectivity index (χ4n) is 2.18. The fourth-order valence-corrected chi connectivity index (χ4v) is 2.69. The molecule has 1 aromatic heterocycles. The van der Waals surface area contributed by atoms with Crippen molar-refractivity contribution in [3.05, 3.63) is 22.8 Å². The molecule has 1 aliphatic heterocycles. The molecule has 2 heterocycles. The van der Waals surface area contributed by atoms with E-state index in [-0.39, 0.29) is 6.10 Å². The highest BCUT2D eigenvalue weighted by molar-refractivity contribution is 9.10. The van der Waals surface area contributed by atoms with Crippen LogP contribution >= 0.6 is 15.9 Å². The molecule has 0 unspecified atom stereocenters. The van der Waals surface area contributed by atoms with Crippen molar-refractivity contribution in [2.24, 2.45) is 0 Å². The number of aromatic nitrogens is 1. The highest BCUT2D eigenvalue weighted by Gasteiger charge is 2.20. The Bertz CT molecular complexity index is 380. The van der Waals surface area contributed by atoms with E-state index in [4.69, 9.17) is 0 Å². The summed E-state index contributed by atoms with van der Waals surface area (Å²) in [5.41, 5.74) is 0. The zero-order valence-electron chi connectivity index (χ0n) is 10.7. The number of nitrogens with zero attached hydrogens (tertiary/aromatic N) is 3. The average Bonchev–Trinajstić information content (AvgIpc) is 2.40. The molecule has 5 heteroatoms. The zero-order valence-corrected chi connectivity index (χ0v) is 12.3. The van der Waals surface area contributed by atoms with E-state index >= 15 is 0 Å². The minimum absolute atomic E-state index is 0.196. The highest BCUT2D eigenvalue weighted by atomic mass is 79.9. The number of hydrogen-bond donors (Lipinski definition) is 1. The topological polar surface area (TPSA) is 39.6 Å². The molecule has 100 valence electrons. The summed E-state index contributed by atoms with van der Waals surface area (Å²) in [6.07, 6.45) is 2.46. The Hall–Kier alpha value is -0.650. The van der Waals surface area contributed by atoms with Crippen molar-refractivity contribution in [2.45, 2.75) is 19.4 Å². The zero-order chi connectivity index (χ0) is 13.0. The summed E-state index contributed by atoms with van der Waals surface area (Å²) in [5, 5.41) is 9.66. The van der Waals surface area contributed by atoms with E-state index in [0.717, 1.165) is 49.4 Å². The smallest absolute Gasteiger partial charge is 0.142 e. The van der Waals surface area contributed by atoms with Crippen LogP contribution in [-0.2, 0) is 0 Å². The van der Waals surface area contributed by atoms with Gasteiger partial charge >= 0.3 is 0 Å². The van der Waals surface area contributed by atoms with Crippen molar-refractivity contribution in [3.8, 4) is 0 Å². The maximum absolute atomic E-state index is 9.66. The van der Waals surface area contributed by atoms with Crippen LogP contribution in [0.25, 0.3) is 0 Å². The maximum atomic E-state index is 9.66. The molecule has 18 heavy (non-hydrogen) atoms. The van der Waals surface area contributed by atoms with Crippen molar-refractivity contribution < 1.29 is 5.11 Å². The SMILES string of the molecule is CC[C@@H](O)CN1CCN(c2ncccc2Br)CC1. The Kier molecular flexibility index (Phi) is 4.97. The van der Waals surface area contributed by atoms with Crippen LogP contribution in [0.15, 0.2) is 22.8 Å². The van der Waals surface area contributed by atoms with E-state index in [9.17, 15) is 5.11 Å². The van der Waals surface area contributed by atoms with Crippen molar-refractivity contribution in [2.75, 3.05) is 37.6 Å². The second-order valence-electron chi connectivity index (χ2n) is 4.66. The van der Waals surface area contributed by atoms with Crippen LogP contribution in [0.3, 0.4) is 0 Å². The molecule has 0 spiro atoms. The molecule has 1 aromatic rings. The lowest BCUT2D eigenvalue weighted by Crippen LogP contribution is -2.48. The van der Waals surface area contributed by atoms with Crippen LogP contribution in [0, 0.1) is 0 Å². The predicted octanol–water partition coefficient (Wildman–Crippen LogP) is 1.74. The molecular weight excluding hydrogens is 294 g/mol. The van der Waals surface area contributed by atoms with Gasteiger partial charge in [0.15, 0.2) is 0 Å². The molecule has 0 aromatic carbocycles. The van der Waals surface area contributed by atoms with Gasteiger partial charge in [-0.2, -0.15) is 0 Å². The van der Waals surface area contributed by atoms with Gasteiger partial charge in [0.05, 0.1) is 10.6 Å². The molecule has 0 aliphatic carbocycles. The van der Waals surface area contributed by atoms with Gasteiger partial charge in [0.25, 0.3) is 0 Å². The quantitative estimate of drug-likeness (QED) is 0.919. The third-order valence-electron chi connectivity index (χ3n) is 3.35. The lowest BCUT2D eigenvalue weighted by Gasteiger charge is -2.36. The van der Waals surface area contributed by atoms with Crippen LogP contribution in [0.2, 0.25) is 0 Å². The minimum atomic E-state index is -0.196. The van der Waals surface area contributed by atoms with Gasteiger partial charge in [-0.05, 0) is 34.5 Å². The molecule has 0 bridgehead atoms. The number of pyridine rings is 1. The van der Waals surface area contributed by atoms with Gasteiger partial charge in [0.2, 0.25) is 0 Å². The molecule has 1 N–H and O–H groups in total. The van der Waals surface area contributed by atoms with Crippen LogP contribution < -0.4 is 4.90 Å². The van der Waals surface area contributed by atoms with Gasteiger partial charge in [-0.1, -0.05) is 6.92 Å². The number of β-amino-alcohol motifs (C(OH)–C–C–N with tert-alkyl or cyclic N) is 1. The number of halogens is 1. The number of aliphatic hydroxyl groups excluding tert-OH is 1. The van der Waals surface area contributed by atoms with Crippen molar-refractivity contribution in [1.82, 2.24) is 9.88 Å². The molecule has 4 nitrogen and oxygen atoms in total. The molecule has 1 atom stereocenters. The van der Waals surface area contributed by atoms with Gasteiger partial charge < -0.3 is 10.0 Å². The molecular formula is C13H20BrN3O. The summed E-state index contributed by atoms with van der Waals surface area (Å²) in [6, 6.07) is 3.96. The summed E-state index contributed by atoms with van der Waals surface area (Å²) in [5.74, 6) is 1.02. The summed E-state index contributed by atoms with van der Waals surface area (Å²) in [4.78, 5) is 9.03. The van der Waals surface area contributed by atoms with Crippen molar-refractivity contribution >= 4 is 21.7 Å². The monoisotopic (exact) mass is 313 g/mol. The number of rotatable bonds is 4. The molecule has 0 radical (unpaired) electrons. The number of aliphatic hydroxyl groups is 1. The second kappa shape index (κ2) is 6.50.